The fourth-order valence-corrected chi connectivity index (χ4v) is 0.453. The Morgan fingerprint density at radius 1 is 2.11 bits per heavy atom. The first-order valence-corrected chi connectivity index (χ1v) is 2.19. The van der Waals surface area contributed by atoms with E-state index in [4.69, 9.17) is 9.22 Å². The van der Waals surface area contributed by atoms with Gasteiger partial charge in [-0.3, -0.25) is 0 Å². The summed E-state index contributed by atoms with van der Waals surface area (Å²) in [6.07, 6.45) is 1.96. The first kappa shape index (κ1) is 3.00. The highest BCUT2D eigenvalue weighted by molar-refractivity contribution is 5.85. The fourth-order valence-electron chi connectivity index (χ4n) is 0.453. The molecule has 1 aromatic heterocycles. The zero-order valence-electron chi connectivity index (χ0n) is 7.40. The molecule has 0 aliphatic carbocycles. The third-order valence-electron chi connectivity index (χ3n) is 0.858. The molecule has 9 heavy (non-hydrogen) atoms. The highest BCUT2D eigenvalue weighted by Gasteiger charge is 2.04. The number of hydrogen-bond donors (Lipinski definition) is 1. The van der Waals surface area contributed by atoms with Crippen LogP contribution in [-0.2, 0) is 6.98 Å². The summed E-state index contributed by atoms with van der Waals surface area (Å²) in [4.78, 5) is 13.9. The molecule has 0 fully saturated rings. The lowest BCUT2D eigenvalue weighted by molar-refractivity contribution is 0.0686. The predicted molar refractivity (Wildman–Crippen MR) is 30.2 cm³/mol. The van der Waals surface area contributed by atoms with Crippen molar-refractivity contribution in [2.45, 2.75) is 0 Å². The maximum atomic E-state index is 10.4. The first-order chi connectivity index (χ1) is 5.43. The summed E-state index contributed by atoms with van der Waals surface area (Å²) in [5.74, 6) is -1.30. The minimum Gasteiger partial charge on any atom is -0.477 e. The van der Waals surface area contributed by atoms with Crippen molar-refractivity contribution >= 4 is 5.97 Å². The Hall–Kier alpha value is -1.32. The van der Waals surface area contributed by atoms with Crippen LogP contribution in [0.5, 0.6) is 0 Å². The molecule has 4 heteroatoms. The number of aromatic carboxylic acids is 1. The molecule has 4 nitrogen and oxygen atoms in total. The SMILES string of the molecule is [2H]C([2H])([2H])n1cncc1C(=O)O. The van der Waals surface area contributed by atoms with E-state index in [9.17, 15) is 4.79 Å². The second-order valence-corrected chi connectivity index (χ2v) is 1.45. The lowest BCUT2D eigenvalue weighted by Crippen LogP contribution is -2.02. The second-order valence-electron chi connectivity index (χ2n) is 1.45. The molecule has 0 spiro atoms. The van der Waals surface area contributed by atoms with Crippen LogP contribution in [0.15, 0.2) is 12.5 Å². The summed E-state index contributed by atoms with van der Waals surface area (Å²) >= 11 is 0. The van der Waals surface area contributed by atoms with Crippen molar-refractivity contribution in [1.29, 1.82) is 0 Å². The van der Waals surface area contributed by atoms with Crippen LogP contribution in [0.2, 0.25) is 0 Å². The minimum atomic E-state index is -2.48. The highest BCUT2D eigenvalue weighted by Crippen LogP contribution is 1.93. The number of aryl methyl sites for hydroxylation is 1. The number of imidazole rings is 1. The number of carboxylic acid groups (broad SMARTS) is 1. The monoisotopic (exact) mass is 129 g/mol. The van der Waals surface area contributed by atoms with Crippen molar-refractivity contribution in [1.82, 2.24) is 9.55 Å². The van der Waals surface area contributed by atoms with Crippen LogP contribution in [0.1, 0.15) is 14.6 Å². The average Bonchev–Trinajstić information content (AvgIpc) is 2.30. The van der Waals surface area contributed by atoms with E-state index in [1.54, 1.807) is 0 Å². The molecule has 0 amide bonds. The van der Waals surface area contributed by atoms with Crippen LogP contribution < -0.4 is 0 Å². The lowest BCUT2D eigenvalue weighted by atomic mass is 10.5. The molecule has 0 unspecified atom stereocenters. The molecule has 0 aliphatic heterocycles. The molecule has 1 aromatic rings. The maximum absolute atomic E-state index is 10.4. The quantitative estimate of drug-likeness (QED) is 0.585. The van der Waals surface area contributed by atoms with Gasteiger partial charge in [0.25, 0.3) is 0 Å². The normalized spacial score (nSPS) is 15.8. The van der Waals surface area contributed by atoms with Crippen molar-refractivity contribution in [2.24, 2.45) is 6.98 Å². The first-order valence-electron chi connectivity index (χ1n) is 3.69. The Labute approximate surface area is 56.0 Å². The fraction of sp³-hybridized carbons (Fsp3) is 0.200. The van der Waals surface area contributed by atoms with Crippen LogP contribution in [0.25, 0.3) is 0 Å². The molecular weight excluding hydrogens is 120 g/mol. The van der Waals surface area contributed by atoms with E-state index in [0.717, 1.165) is 12.5 Å². The van der Waals surface area contributed by atoms with Crippen molar-refractivity contribution in [3.63, 3.8) is 0 Å². The molecule has 1 heterocycles. The highest BCUT2D eigenvalue weighted by atomic mass is 16.4. The molecule has 0 radical (unpaired) electrons. The van der Waals surface area contributed by atoms with Crippen LogP contribution in [0.4, 0.5) is 0 Å². The molecule has 0 aromatic carbocycles. The van der Waals surface area contributed by atoms with Gasteiger partial charge < -0.3 is 9.67 Å². The summed E-state index contributed by atoms with van der Waals surface area (Å²) in [6, 6.07) is 0. The van der Waals surface area contributed by atoms with Gasteiger partial charge in [0.05, 0.1) is 12.5 Å². The Bertz CT molecular complexity index is 304. The summed E-state index contributed by atoms with van der Waals surface area (Å²) in [5.41, 5.74) is -0.338. The number of nitrogens with zero attached hydrogens (tertiary/aromatic N) is 2. The van der Waals surface area contributed by atoms with Crippen molar-refractivity contribution in [3.8, 4) is 0 Å². The van der Waals surface area contributed by atoms with Gasteiger partial charge in [0, 0.05) is 11.1 Å². The van der Waals surface area contributed by atoms with E-state index in [-0.39, 0.29) is 5.69 Å². The van der Waals surface area contributed by atoms with Crippen molar-refractivity contribution < 1.29 is 14.0 Å². The van der Waals surface area contributed by atoms with Gasteiger partial charge in [-0.15, -0.1) is 0 Å². The lowest BCUT2D eigenvalue weighted by Gasteiger charge is -1.91. The number of carboxylic acids is 1. The summed E-state index contributed by atoms with van der Waals surface area (Å²) in [5, 5.41) is 8.51. The Morgan fingerprint density at radius 2 is 2.89 bits per heavy atom. The average molecular weight is 129 g/mol. The van der Waals surface area contributed by atoms with Gasteiger partial charge in [-0.1, -0.05) is 0 Å². The minimum absolute atomic E-state index is 0.338. The summed E-state index contributed by atoms with van der Waals surface area (Å²) < 4.78 is 21.4. The zero-order chi connectivity index (χ0) is 9.35. The molecule has 1 rings (SSSR count). The smallest absolute Gasteiger partial charge is 0.354 e. The van der Waals surface area contributed by atoms with E-state index in [1.807, 2.05) is 0 Å². The molecular formula is C5H6N2O2. The molecule has 1 N–H and O–H groups in total. The molecule has 0 saturated heterocycles. The maximum Gasteiger partial charge on any atom is 0.354 e. The molecule has 48 valence electrons. The van der Waals surface area contributed by atoms with Gasteiger partial charge in [-0.05, 0) is 0 Å². The molecule has 0 saturated carbocycles. The van der Waals surface area contributed by atoms with Gasteiger partial charge in [-0.2, -0.15) is 0 Å². The molecule has 0 atom stereocenters. The standard InChI is InChI=1S/C5H6N2O2/c1-7-3-6-2-4(7)5(8)9/h2-3H,1H3,(H,8,9)/i1D3. The van der Waals surface area contributed by atoms with E-state index in [0.29, 0.717) is 4.57 Å². The summed E-state index contributed by atoms with van der Waals surface area (Å²) in [6.45, 7) is -2.48. The predicted octanol–water partition coefficient (Wildman–Crippen LogP) is 0.118. The Balaban J connectivity index is 3.17. The Kier molecular flexibility index (Phi) is 0.631. The van der Waals surface area contributed by atoms with Crippen LogP contribution in [0.3, 0.4) is 0 Å². The second kappa shape index (κ2) is 1.89. The van der Waals surface area contributed by atoms with Gasteiger partial charge in [0.15, 0.2) is 0 Å². The van der Waals surface area contributed by atoms with E-state index < -0.39 is 12.9 Å². The third-order valence-corrected chi connectivity index (χ3v) is 0.858. The number of aromatic nitrogens is 2. The van der Waals surface area contributed by atoms with Crippen LogP contribution in [0, 0.1) is 0 Å². The molecule has 0 bridgehead atoms. The number of hydrogen-bond acceptors (Lipinski definition) is 2. The van der Waals surface area contributed by atoms with Gasteiger partial charge in [0.2, 0.25) is 0 Å². The largest absolute Gasteiger partial charge is 0.477 e. The zero-order valence-corrected chi connectivity index (χ0v) is 4.40. The van der Waals surface area contributed by atoms with Gasteiger partial charge >= 0.3 is 5.97 Å². The van der Waals surface area contributed by atoms with E-state index >= 15 is 0 Å². The van der Waals surface area contributed by atoms with Crippen LogP contribution in [-0.4, -0.2) is 20.6 Å². The topological polar surface area (TPSA) is 55.1 Å². The van der Waals surface area contributed by atoms with E-state index in [2.05, 4.69) is 4.98 Å². The van der Waals surface area contributed by atoms with Crippen LogP contribution >= 0.6 is 0 Å². The molecule has 0 aliphatic rings. The summed E-state index contributed by atoms with van der Waals surface area (Å²) in [7, 11) is 0. The van der Waals surface area contributed by atoms with Gasteiger partial charge in [0.1, 0.15) is 5.69 Å². The van der Waals surface area contributed by atoms with Gasteiger partial charge in [-0.25, -0.2) is 9.78 Å². The number of carbonyl (C=O) groups is 1. The van der Waals surface area contributed by atoms with E-state index in [1.165, 1.54) is 0 Å². The Morgan fingerprint density at radius 3 is 3.33 bits per heavy atom. The number of rotatable bonds is 1. The third kappa shape index (κ3) is 0.910. The van der Waals surface area contributed by atoms with Crippen molar-refractivity contribution in [3.05, 3.63) is 18.2 Å². The van der Waals surface area contributed by atoms with Crippen molar-refractivity contribution in [2.75, 3.05) is 0 Å².